The number of aryl methyl sites for hydroxylation is 1. The van der Waals surface area contributed by atoms with Crippen LogP contribution in [0.15, 0.2) is 18.2 Å². The molecule has 6 heteroatoms. The van der Waals surface area contributed by atoms with Crippen LogP contribution in [-0.4, -0.2) is 33.6 Å². The Morgan fingerprint density at radius 3 is 2.53 bits per heavy atom. The molecule has 0 fully saturated rings. The van der Waals surface area contributed by atoms with Gasteiger partial charge in [0.25, 0.3) is 11.6 Å². The molecule has 104 valence electrons. The van der Waals surface area contributed by atoms with Gasteiger partial charge in [-0.05, 0) is 32.4 Å². The van der Waals surface area contributed by atoms with Crippen molar-refractivity contribution >= 4 is 27.5 Å². The minimum absolute atomic E-state index is 0.126. The zero-order chi connectivity index (χ0) is 14.8. The zero-order valence-corrected chi connectivity index (χ0v) is 13.0. The first-order valence-corrected chi connectivity index (χ1v) is 6.92. The molecular weight excluding hydrogens is 312 g/mol. The highest BCUT2D eigenvalue weighted by Crippen LogP contribution is 2.25. The van der Waals surface area contributed by atoms with Crippen molar-refractivity contribution in [2.24, 2.45) is 0 Å². The van der Waals surface area contributed by atoms with Gasteiger partial charge in [0.15, 0.2) is 0 Å². The molecule has 0 heterocycles. The number of carbonyl (C=O) groups excluding carboxylic acids is 1. The van der Waals surface area contributed by atoms with E-state index in [-0.39, 0.29) is 17.2 Å². The van der Waals surface area contributed by atoms with Crippen LogP contribution in [0, 0.1) is 17.0 Å². The third-order valence-corrected chi connectivity index (χ3v) is 4.49. The van der Waals surface area contributed by atoms with Gasteiger partial charge >= 0.3 is 0 Å². The molecule has 1 aromatic rings. The average Bonchev–Trinajstić information content (AvgIpc) is 2.36. The Balaban J connectivity index is 3.26. The molecule has 19 heavy (non-hydrogen) atoms. The number of rotatable bonds is 4. The minimum Gasteiger partial charge on any atom is -0.336 e. The van der Waals surface area contributed by atoms with Crippen LogP contribution in [0.5, 0.6) is 0 Å². The highest BCUT2D eigenvalue weighted by atomic mass is 79.9. The predicted molar refractivity (Wildman–Crippen MR) is 77.8 cm³/mol. The lowest BCUT2D eigenvalue weighted by molar-refractivity contribution is -0.385. The Morgan fingerprint density at radius 2 is 2.05 bits per heavy atom. The molecule has 0 spiro atoms. The largest absolute Gasteiger partial charge is 0.336 e. The molecule has 0 bridgehead atoms. The van der Waals surface area contributed by atoms with Gasteiger partial charge in [-0.25, -0.2) is 0 Å². The standard InChI is InChI=1S/C13H17BrN2O3/c1-9-5-6-11(16(18)19)10(7-9)12(17)15(4)13(2,3)8-14/h5-7H,8H2,1-4H3. The van der Waals surface area contributed by atoms with Crippen molar-refractivity contribution in [3.63, 3.8) is 0 Å². The first-order valence-electron chi connectivity index (χ1n) is 5.80. The quantitative estimate of drug-likeness (QED) is 0.484. The van der Waals surface area contributed by atoms with E-state index in [0.717, 1.165) is 5.56 Å². The summed E-state index contributed by atoms with van der Waals surface area (Å²) in [4.78, 5) is 24.4. The van der Waals surface area contributed by atoms with E-state index in [1.807, 2.05) is 13.8 Å². The summed E-state index contributed by atoms with van der Waals surface area (Å²) < 4.78 is 0. The summed E-state index contributed by atoms with van der Waals surface area (Å²) in [5.74, 6) is -0.347. The SMILES string of the molecule is Cc1ccc([N+](=O)[O-])c(C(=O)N(C)C(C)(C)CBr)c1. The van der Waals surface area contributed by atoms with Gasteiger partial charge in [-0.3, -0.25) is 14.9 Å². The van der Waals surface area contributed by atoms with Crippen LogP contribution >= 0.6 is 15.9 Å². The summed E-state index contributed by atoms with van der Waals surface area (Å²) >= 11 is 3.35. The van der Waals surface area contributed by atoms with E-state index in [1.165, 1.54) is 11.0 Å². The third-order valence-electron chi connectivity index (χ3n) is 3.12. The van der Waals surface area contributed by atoms with Crippen molar-refractivity contribution in [1.82, 2.24) is 4.90 Å². The summed E-state index contributed by atoms with van der Waals surface area (Å²) in [6, 6.07) is 4.56. The fourth-order valence-corrected chi connectivity index (χ4v) is 1.90. The number of benzene rings is 1. The number of nitro benzene ring substituents is 1. The smallest absolute Gasteiger partial charge is 0.282 e. The van der Waals surface area contributed by atoms with E-state index in [2.05, 4.69) is 15.9 Å². The Bertz CT molecular complexity index is 515. The van der Waals surface area contributed by atoms with Gasteiger partial charge in [0.1, 0.15) is 5.56 Å². The maximum atomic E-state index is 12.4. The number of hydrogen-bond acceptors (Lipinski definition) is 3. The second-order valence-electron chi connectivity index (χ2n) is 5.09. The molecule has 5 nitrogen and oxygen atoms in total. The van der Waals surface area contributed by atoms with Gasteiger partial charge in [-0.15, -0.1) is 0 Å². The summed E-state index contributed by atoms with van der Waals surface area (Å²) in [6.07, 6.45) is 0. The lowest BCUT2D eigenvalue weighted by atomic mass is 10.0. The van der Waals surface area contributed by atoms with Crippen molar-refractivity contribution in [2.75, 3.05) is 12.4 Å². The number of carbonyl (C=O) groups is 1. The van der Waals surface area contributed by atoms with Gasteiger partial charge in [-0.1, -0.05) is 22.0 Å². The van der Waals surface area contributed by atoms with Gasteiger partial charge in [-0.2, -0.15) is 0 Å². The van der Waals surface area contributed by atoms with E-state index in [9.17, 15) is 14.9 Å². The third kappa shape index (κ3) is 3.32. The molecule has 1 rings (SSSR count). The monoisotopic (exact) mass is 328 g/mol. The van der Waals surface area contributed by atoms with Gasteiger partial charge in [0, 0.05) is 24.0 Å². The van der Waals surface area contributed by atoms with Crippen molar-refractivity contribution in [3.05, 3.63) is 39.4 Å². The van der Waals surface area contributed by atoms with E-state index in [1.54, 1.807) is 26.1 Å². The molecule has 1 amide bonds. The molecule has 0 unspecified atom stereocenters. The maximum absolute atomic E-state index is 12.4. The fraction of sp³-hybridized carbons (Fsp3) is 0.462. The molecule has 0 saturated carbocycles. The van der Waals surface area contributed by atoms with Crippen molar-refractivity contribution in [2.45, 2.75) is 26.3 Å². The molecule has 0 saturated heterocycles. The van der Waals surface area contributed by atoms with Gasteiger partial charge in [0.2, 0.25) is 0 Å². The number of hydrogen-bond donors (Lipinski definition) is 0. The van der Waals surface area contributed by atoms with E-state index in [0.29, 0.717) is 5.33 Å². The topological polar surface area (TPSA) is 63.5 Å². The summed E-state index contributed by atoms with van der Waals surface area (Å²) in [5, 5.41) is 11.6. The Morgan fingerprint density at radius 1 is 1.47 bits per heavy atom. The number of halogens is 1. The molecule has 0 aliphatic carbocycles. The van der Waals surface area contributed by atoms with Crippen molar-refractivity contribution < 1.29 is 9.72 Å². The van der Waals surface area contributed by atoms with Gasteiger partial charge < -0.3 is 4.90 Å². The summed E-state index contributed by atoms with van der Waals surface area (Å²) in [5.41, 5.74) is 0.364. The average molecular weight is 329 g/mol. The number of alkyl halides is 1. The number of nitro groups is 1. The molecule has 0 N–H and O–H groups in total. The Kier molecular flexibility index (Phi) is 4.68. The van der Waals surface area contributed by atoms with Crippen LogP contribution in [0.1, 0.15) is 29.8 Å². The van der Waals surface area contributed by atoms with E-state index >= 15 is 0 Å². The Hall–Kier alpha value is -1.43. The van der Waals surface area contributed by atoms with Crippen LogP contribution in [0.2, 0.25) is 0 Å². The van der Waals surface area contributed by atoms with E-state index < -0.39 is 10.5 Å². The number of amides is 1. The van der Waals surface area contributed by atoms with Crippen molar-refractivity contribution in [3.8, 4) is 0 Å². The van der Waals surface area contributed by atoms with E-state index in [4.69, 9.17) is 0 Å². The molecule has 0 atom stereocenters. The maximum Gasteiger partial charge on any atom is 0.282 e. The van der Waals surface area contributed by atoms with Crippen LogP contribution in [-0.2, 0) is 0 Å². The predicted octanol–water partition coefficient (Wildman–Crippen LogP) is 3.15. The lowest BCUT2D eigenvalue weighted by Crippen LogP contribution is -2.46. The molecule has 0 aromatic heterocycles. The first-order chi connectivity index (χ1) is 8.70. The summed E-state index contributed by atoms with van der Waals surface area (Å²) in [6.45, 7) is 5.58. The zero-order valence-electron chi connectivity index (χ0n) is 11.4. The second-order valence-corrected chi connectivity index (χ2v) is 5.65. The lowest BCUT2D eigenvalue weighted by Gasteiger charge is -2.34. The molecule has 0 radical (unpaired) electrons. The first kappa shape index (κ1) is 15.6. The summed E-state index contributed by atoms with van der Waals surface area (Å²) in [7, 11) is 1.65. The second kappa shape index (κ2) is 5.69. The molecule has 0 aliphatic rings. The Labute approximate surface area is 120 Å². The van der Waals surface area contributed by atoms with Crippen LogP contribution in [0.25, 0.3) is 0 Å². The fourth-order valence-electron chi connectivity index (χ4n) is 1.53. The van der Waals surface area contributed by atoms with Crippen LogP contribution < -0.4 is 0 Å². The van der Waals surface area contributed by atoms with Crippen molar-refractivity contribution in [1.29, 1.82) is 0 Å². The highest BCUT2D eigenvalue weighted by Gasteiger charge is 2.31. The molecule has 1 aromatic carbocycles. The van der Waals surface area contributed by atoms with Crippen LogP contribution in [0.4, 0.5) is 5.69 Å². The van der Waals surface area contributed by atoms with Crippen LogP contribution in [0.3, 0.4) is 0 Å². The van der Waals surface area contributed by atoms with Gasteiger partial charge in [0.05, 0.1) is 4.92 Å². The normalized spacial score (nSPS) is 11.2. The molecule has 0 aliphatic heterocycles. The minimum atomic E-state index is -0.526. The highest BCUT2D eigenvalue weighted by molar-refractivity contribution is 9.09. The molecular formula is C13H17BrN2O3. The number of nitrogens with zero attached hydrogens (tertiary/aromatic N) is 2.